The van der Waals surface area contributed by atoms with Gasteiger partial charge in [-0.2, -0.15) is 0 Å². The van der Waals surface area contributed by atoms with E-state index in [0.29, 0.717) is 5.28 Å². The average molecular weight is 218 g/mol. The molecule has 1 aromatic heterocycles. The van der Waals surface area contributed by atoms with Crippen LogP contribution < -0.4 is 0 Å². The van der Waals surface area contributed by atoms with Crippen LogP contribution in [-0.2, 0) is 17.7 Å². The molecule has 80 valence electrons. The number of ether oxygens (including phenoxy) is 1. The normalized spacial score (nSPS) is 10.8. The molecule has 0 bridgehead atoms. The Morgan fingerprint density at radius 1 is 1.36 bits per heavy atom. The number of hydrogen-bond acceptors (Lipinski definition) is 3. The standard InChI is InChI=1S/C9H16ClN3O/c1-3-8-11-12-9(10)13(8)6-5-7-14-4-2/h3-7H2,1-2H3. The van der Waals surface area contributed by atoms with Crippen LogP contribution in [0.15, 0.2) is 0 Å². The van der Waals surface area contributed by atoms with Crippen LogP contribution in [-0.4, -0.2) is 28.0 Å². The molecule has 0 saturated heterocycles. The molecular formula is C9H16ClN3O. The van der Waals surface area contributed by atoms with Crippen molar-refractivity contribution in [1.29, 1.82) is 0 Å². The molecular weight excluding hydrogens is 202 g/mol. The highest BCUT2D eigenvalue weighted by Gasteiger charge is 2.07. The van der Waals surface area contributed by atoms with Crippen LogP contribution in [0.1, 0.15) is 26.1 Å². The van der Waals surface area contributed by atoms with Gasteiger partial charge in [-0.3, -0.25) is 0 Å². The number of aromatic nitrogens is 3. The third-order valence-corrected chi connectivity index (χ3v) is 2.25. The van der Waals surface area contributed by atoms with E-state index in [1.807, 2.05) is 18.4 Å². The molecule has 1 heterocycles. The summed E-state index contributed by atoms with van der Waals surface area (Å²) in [7, 11) is 0. The molecule has 0 N–H and O–H groups in total. The van der Waals surface area contributed by atoms with Gasteiger partial charge in [-0.25, -0.2) is 0 Å². The van der Waals surface area contributed by atoms with Crippen molar-refractivity contribution in [2.75, 3.05) is 13.2 Å². The minimum absolute atomic E-state index is 0.471. The van der Waals surface area contributed by atoms with Crippen LogP contribution in [0, 0.1) is 0 Å². The van der Waals surface area contributed by atoms with E-state index in [4.69, 9.17) is 16.3 Å². The summed E-state index contributed by atoms with van der Waals surface area (Å²) in [6.45, 7) is 6.38. The predicted molar refractivity (Wildman–Crippen MR) is 55.5 cm³/mol. The number of hydrogen-bond donors (Lipinski definition) is 0. The minimum atomic E-state index is 0.471. The van der Waals surface area contributed by atoms with Crippen molar-refractivity contribution >= 4 is 11.6 Å². The van der Waals surface area contributed by atoms with E-state index in [1.54, 1.807) is 0 Å². The summed E-state index contributed by atoms with van der Waals surface area (Å²) in [6.07, 6.45) is 1.80. The monoisotopic (exact) mass is 217 g/mol. The maximum Gasteiger partial charge on any atom is 0.225 e. The van der Waals surface area contributed by atoms with Gasteiger partial charge < -0.3 is 9.30 Å². The Balaban J connectivity index is 2.44. The van der Waals surface area contributed by atoms with E-state index in [1.165, 1.54) is 0 Å². The zero-order valence-electron chi connectivity index (χ0n) is 8.66. The van der Waals surface area contributed by atoms with Gasteiger partial charge in [-0.1, -0.05) is 6.92 Å². The van der Waals surface area contributed by atoms with Crippen molar-refractivity contribution in [3.8, 4) is 0 Å². The van der Waals surface area contributed by atoms with Crippen molar-refractivity contribution in [2.24, 2.45) is 0 Å². The van der Waals surface area contributed by atoms with Crippen molar-refractivity contribution in [2.45, 2.75) is 33.2 Å². The van der Waals surface area contributed by atoms with Crippen molar-refractivity contribution < 1.29 is 4.74 Å². The lowest BCUT2D eigenvalue weighted by Crippen LogP contribution is -2.06. The summed E-state index contributed by atoms with van der Waals surface area (Å²) in [6, 6.07) is 0. The Kier molecular flexibility index (Phi) is 4.90. The van der Waals surface area contributed by atoms with Gasteiger partial charge in [0.05, 0.1) is 0 Å². The van der Waals surface area contributed by atoms with Crippen LogP contribution in [0.3, 0.4) is 0 Å². The highest BCUT2D eigenvalue weighted by molar-refractivity contribution is 6.28. The largest absolute Gasteiger partial charge is 0.382 e. The van der Waals surface area contributed by atoms with Crippen molar-refractivity contribution in [3.05, 3.63) is 11.1 Å². The van der Waals surface area contributed by atoms with Gasteiger partial charge in [0, 0.05) is 26.2 Å². The van der Waals surface area contributed by atoms with Crippen molar-refractivity contribution in [3.63, 3.8) is 0 Å². The van der Waals surface area contributed by atoms with Crippen LogP contribution in [0.25, 0.3) is 0 Å². The Morgan fingerprint density at radius 3 is 2.79 bits per heavy atom. The molecule has 0 atom stereocenters. The minimum Gasteiger partial charge on any atom is -0.382 e. The maximum absolute atomic E-state index is 5.89. The molecule has 0 aliphatic carbocycles. The molecule has 0 aliphatic heterocycles. The van der Waals surface area contributed by atoms with Gasteiger partial charge in [-0.05, 0) is 24.9 Å². The summed E-state index contributed by atoms with van der Waals surface area (Å²) in [5.41, 5.74) is 0. The van der Waals surface area contributed by atoms with E-state index in [9.17, 15) is 0 Å². The van der Waals surface area contributed by atoms with Gasteiger partial charge in [0.25, 0.3) is 0 Å². The molecule has 5 heteroatoms. The summed E-state index contributed by atoms with van der Waals surface area (Å²) in [4.78, 5) is 0. The lowest BCUT2D eigenvalue weighted by Gasteiger charge is -2.06. The Morgan fingerprint density at radius 2 is 2.14 bits per heavy atom. The van der Waals surface area contributed by atoms with E-state index < -0.39 is 0 Å². The second-order valence-corrected chi connectivity index (χ2v) is 3.28. The molecule has 0 fully saturated rings. The Hall–Kier alpha value is -0.610. The van der Waals surface area contributed by atoms with Crippen LogP contribution in [0.2, 0.25) is 5.28 Å². The molecule has 0 saturated carbocycles. The van der Waals surface area contributed by atoms with Crippen LogP contribution in [0.5, 0.6) is 0 Å². The van der Waals surface area contributed by atoms with Gasteiger partial charge in [-0.15, -0.1) is 10.2 Å². The van der Waals surface area contributed by atoms with Crippen LogP contribution in [0.4, 0.5) is 0 Å². The first kappa shape index (κ1) is 11.5. The quantitative estimate of drug-likeness (QED) is 0.684. The van der Waals surface area contributed by atoms with Gasteiger partial charge in [0.1, 0.15) is 5.82 Å². The topological polar surface area (TPSA) is 39.9 Å². The Bertz CT molecular complexity index is 275. The molecule has 0 radical (unpaired) electrons. The second kappa shape index (κ2) is 5.98. The third-order valence-electron chi connectivity index (χ3n) is 1.97. The number of halogens is 1. The Labute approximate surface area is 89.2 Å². The first-order valence-electron chi connectivity index (χ1n) is 4.94. The molecule has 0 amide bonds. The second-order valence-electron chi connectivity index (χ2n) is 2.94. The first-order chi connectivity index (χ1) is 6.79. The van der Waals surface area contributed by atoms with Gasteiger partial charge in [0.15, 0.2) is 0 Å². The average Bonchev–Trinajstić information content (AvgIpc) is 2.55. The maximum atomic E-state index is 5.89. The van der Waals surface area contributed by atoms with E-state index >= 15 is 0 Å². The zero-order valence-corrected chi connectivity index (χ0v) is 9.42. The molecule has 0 unspecified atom stereocenters. The summed E-state index contributed by atoms with van der Waals surface area (Å²) in [5.74, 6) is 0.937. The fourth-order valence-corrected chi connectivity index (χ4v) is 1.49. The molecule has 0 spiro atoms. The number of aryl methyl sites for hydroxylation is 1. The smallest absolute Gasteiger partial charge is 0.225 e. The highest BCUT2D eigenvalue weighted by Crippen LogP contribution is 2.09. The number of rotatable bonds is 6. The third kappa shape index (κ3) is 2.96. The predicted octanol–water partition coefficient (Wildman–Crippen LogP) is 1.92. The van der Waals surface area contributed by atoms with Gasteiger partial charge >= 0.3 is 0 Å². The van der Waals surface area contributed by atoms with E-state index in [-0.39, 0.29) is 0 Å². The zero-order chi connectivity index (χ0) is 10.4. The van der Waals surface area contributed by atoms with Gasteiger partial charge in [0.2, 0.25) is 5.28 Å². The molecule has 0 aromatic carbocycles. The lowest BCUT2D eigenvalue weighted by atomic mass is 10.4. The summed E-state index contributed by atoms with van der Waals surface area (Å²) in [5, 5.41) is 8.27. The molecule has 0 aliphatic rings. The first-order valence-corrected chi connectivity index (χ1v) is 5.32. The molecule has 1 aromatic rings. The SMILES string of the molecule is CCOCCCn1c(Cl)nnc1CC. The molecule has 4 nitrogen and oxygen atoms in total. The summed E-state index contributed by atoms with van der Waals surface area (Å²) < 4.78 is 7.18. The number of nitrogens with zero attached hydrogens (tertiary/aromatic N) is 3. The van der Waals surface area contributed by atoms with Crippen LogP contribution >= 0.6 is 11.6 Å². The summed E-state index contributed by atoms with van der Waals surface area (Å²) >= 11 is 5.89. The van der Waals surface area contributed by atoms with E-state index in [2.05, 4.69) is 10.2 Å². The fourth-order valence-electron chi connectivity index (χ4n) is 1.27. The lowest BCUT2D eigenvalue weighted by molar-refractivity contribution is 0.141. The fraction of sp³-hybridized carbons (Fsp3) is 0.778. The highest BCUT2D eigenvalue weighted by atomic mass is 35.5. The molecule has 1 rings (SSSR count). The van der Waals surface area contributed by atoms with Crippen molar-refractivity contribution in [1.82, 2.24) is 14.8 Å². The molecule has 14 heavy (non-hydrogen) atoms. The van der Waals surface area contributed by atoms with E-state index in [0.717, 1.165) is 38.4 Å².